The third kappa shape index (κ3) is 5.41. The van der Waals surface area contributed by atoms with Crippen LogP contribution in [0.3, 0.4) is 0 Å². The minimum absolute atomic E-state index is 0.0434. The van der Waals surface area contributed by atoms with Crippen LogP contribution in [0, 0.1) is 0 Å². The zero-order valence-electron chi connectivity index (χ0n) is 19.6. The molecule has 0 bridgehead atoms. The molecule has 2 aromatic carbocycles. The first-order chi connectivity index (χ1) is 16.6. The van der Waals surface area contributed by atoms with Crippen LogP contribution in [0.2, 0.25) is 0 Å². The number of amides is 3. The lowest BCUT2D eigenvalue weighted by atomic mass is 9.98. The molecule has 0 spiro atoms. The lowest BCUT2D eigenvalue weighted by Crippen LogP contribution is -2.54. The monoisotopic (exact) mass is 463 g/mol. The molecule has 0 radical (unpaired) electrons. The van der Waals surface area contributed by atoms with E-state index in [0.29, 0.717) is 25.8 Å². The standard InChI is InChI=1S/C27H33N3O4/c1-2-3-14-23-25(31)28-16-9-8-15-24(26(32)29-23)30-27(33)34-17-22-20-12-6-4-10-18(20)19-11-5-7-13-21(19)22/h4-7,10-13,22-24H,2-3,8-9,14-17H2,1H3,(H,28,31)(H,29,32)(H,30,33). The molecule has 34 heavy (non-hydrogen) atoms. The summed E-state index contributed by atoms with van der Waals surface area (Å²) < 4.78 is 5.62. The number of nitrogens with one attached hydrogen (secondary N) is 3. The molecule has 180 valence electrons. The van der Waals surface area contributed by atoms with E-state index in [1.807, 2.05) is 31.2 Å². The summed E-state index contributed by atoms with van der Waals surface area (Å²) in [6.07, 6.45) is 3.68. The predicted molar refractivity (Wildman–Crippen MR) is 130 cm³/mol. The average Bonchev–Trinajstić information content (AvgIpc) is 3.17. The smallest absolute Gasteiger partial charge is 0.407 e. The van der Waals surface area contributed by atoms with Crippen LogP contribution in [0.1, 0.15) is 62.5 Å². The number of carbonyl (C=O) groups excluding carboxylic acids is 3. The highest BCUT2D eigenvalue weighted by atomic mass is 16.5. The zero-order chi connectivity index (χ0) is 23.9. The minimum Gasteiger partial charge on any atom is -0.449 e. The lowest BCUT2D eigenvalue weighted by molar-refractivity contribution is -0.130. The fourth-order valence-electron chi connectivity index (χ4n) is 4.81. The first kappa shape index (κ1) is 23.8. The average molecular weight is 464 g/mol. The Morgan fingerprint density at radius 3 is 2.35 bits per heavy atom. The van der Waals surface area contributed by atoms with Crippen LogP contribution >= 0.6 is 0 Å². The highest BCUT2D eigenvalue weighted by Gasteiger charge is 2.31. The number of hydrogen-bond donors (Lipinski definition) is 3. The van der Waals surface area contributed by atoms with E-state index >= 15 is 0 Å². The summed E-state index contributed by atoms with van der Waals surface area (Å²) in [5.41, 5.74) is 4.60. The number of rotatable bonds is 6. The summed E-state index contributed by atoms with van der Waals surface area (Å²) in [7, 11) is 0. The lowest BCUT2D eigenvalue weighted by Gasteiger charge is -2.25. The third-order valence-corrected chi connectivity index (χ3v) is 6.65. The van der Waals surface area contributed by atoms with Crippen LogP contribution in [-0.2, 0) is 14.3 Å². The van der Waals surface area contributed by atoms with Crippen LogP contribution < -0.4 is 16.0 Å². The van der Waals surface area contributed by atoms with Crippen molar-refractivity contribution in [2.45, 2.75) is 63.5 Å². The second-order valence-electron chi connectivity index (χ2n) is 9.01. The van der Waals surface area contributed by atoms with Gasteiger partial charge in [-0.1, -0.05) is 68.3 Å². The third-order valence-electron chi connectivity index (χ3n) is 6.65. The molecule has 4 rings (SSSR count). The van der Waals surface area contributed by atoms with E-state index in [1.54, 1.807) is 0 Å². The Morgan fingerprint density at radius 1 is 1.00 bits per heavy atom. The second kappa shape index (κ2) is 11.2. The molecule has 1 heterocycles. The molecule has 2 aliphatic rings. The highest BCUT2D eigenvalue weighted by molar-refractivity contribution is 5.91. The Labute approximate surface area is 200 Å². The second-order valence-corrected chi connectivity index (χ2v) is 9.01. The van der Waals surface area contributed by atoms with Gasteiger partial charge < -0.3 is 20.7 Å². The maximum Gasteiger partial charge on any atom is 0.407 e. The normalized spacial score (nSPS) is 20.5. The van der Waals surface area contributed by atoms with E-state index in [-0.39, 0.29) is 24.3 Å². The van der Waals surface area contributed by atoms with Gasteiger partial charge in [0.1, 0.15) is 18.7 Å². The molecule has 1 fully saturated rings. The maximum atomic E-state index is 12.9. The highest BCUT2D eigenvalue weighted by Crippen LogP contribution is 2.44. The van der Waals surface area contributed by atoms with Gasteiger partial charge in [0.05, 0.1) is 0 Å². The summed E-state index contributed by atoms with van der Waals surface area (Å²) in [5, 5.41) is 8.46. The van der Waals surface area contributed by atoms with Crippen LogP contribution in [-0.4, -0.2) is 43.1 Å². The Kier molecular flexibility index (Phi) is 7.83. The number of benzene rings is 2. The number of hydrogen-bond acceptors (Lipinski definition) is 4. The van der Waals surface area contributed by atoms with Crippen molar-refractivity contribution in [2.24, 2.45) is 0 Å². The predicted octanol–water partition coefficient (Wildman–Crippen LogP) is 3.87. The number of fused-ring (bicyclic) bond motifs is 3. The molecule has 7 heteroatoms. The first-order valence-corrected chi connectivity index (χ1v) is 12.3. The molecule has 1 aliphatic heterocycles. The molecule has 1 aliphatic carbocycles. The first-order valence-electron chi connectivity index (χ1n) is 12.3. The summed E-state index contributed by atoms with van der Waals surface area (Å²) in [6, 6.07) is 15.0. The van der Waals surface area contributed by atoms with Crippen molar-refractivity contribution in [1.82, 2.24) is 16.0 Å². The van der Waals surface area contributed by atoms with Gasteiger partial charge in [-0.3, -0.25) is 9.59 Å². The Bertz CT molecular complexity index is 993. The fraction of sp³-hybridized carbons (Fsp3) is 0.444. The van der Waals surface area contributed by atoms with E-state index in [0.717, 1.165) is 41.5 Å². The van der Waals surface area contributed by atoms with E-state index < -0.39 is 18.2 Å². The molecule has 3 N–H and O–H groups in total. The van der Waals surface area contributed by atoms with E-state index in [2.05, 4.69) is 40.2 Å². The van der Waals surface area contributed by atoms with Crippen molar-refractivity contribution in [3.8, 4) is 11.1 Å². The largest absolute Gasteiger partial charge is 0.449 e. The van der Waals surface area contributed by atoms with Gasteiger partial charge in [-0.2, -0.15) is 0 Å². The maximum absolute atomic E-state index is 12.9. The van der Waals surface area contributed by atoms with Crippen LogP contribution in [0.4, 0.5) is 4.79 Å². The van der Waals surface area contributed by atoms with Gasteiger partial charge in [0.2, 0.25) is 11.8 Å². The topological polar surface area (TPSA) is 96.5 Å². The van der Waals surface area contributed by atoms with Crippen molar-refractivity contribution in [3.63, 3.8) is 0 Å². The van der Waals surface area contributed by atoms with Gasteiger partial charge in [0.15, 0.2) is 0 Å². The summed E-state index contributed by atoms with van der Waals surface area (Å²) >= 11 is 0. The zero-order valence-corrected chi connectivity index (χ0v) is 19.6. The Hall–Kier alpha value is -3.35. The minimum atomic E-state index is -0.731. The molecule has 1 saturated heterocycles. The van der Waals surface area contributed by atoms with Crippen molar-refractivity contribution >= 4 is 17.9 Å². The van der Waals surface area contributed by atoms with E-state index in [1.165, 1.54) is 0 Å². The molecular formula is C27H33N3O4. The van der Waals surface area contributed by atoms with Gasteiger partial charge in [0.25, 0.3) is 0 Å². The SMILES string of the molecule is CCCCC1NC(=O)C(NC(=O)OCC2c3ccccc3-c3ccccc32)CCCCNC1=O. The van der Waals surface area contributed by atoms with Crippen LogP contribution in [0.25, 0.3) is 11.1 Å². The van der Waals surface area contributed by atoms with Crippen molar-refractivity contribution in [3.05, 3.63) is 59.7 Å². The summed E-state index contributed by atoms with van der Waals surface area (Å²) in [4.78, 5) is 38.1. The van der Waals surface area contributed by atoms with E-state index in [4.69, 9.17) is 4.74 Å². The Balaban J connectivity index is 1.40. The molecule has 0 saturated carbocycles. The number of alkyl carbamates (subject to hydrolysis) is 1. The molecular weight excluding hydrogens is 430 g/mol. The van der Waals surface area contributed by atoms with Gasteiger partial charge in [-0.25, -0.2) is 4.79 Å². The molecule has 7 nitrogen and oxygen atoms in total. The molecule has 3 amide bonds. The van der Waals surface area contributed by atoms with Crippen LogP contribution in [0.5, 0.6) is 0 Å². The van der Waals surface area contributed by atoms with Gasteiger partial charge >= 0.3 is 6.09 Å². The Morgan fingerprint density at radius 2 is 1.68 bits per heavy atom. The molecule has 2 aromatic rings. The number of ether oxygens (including phenoxy) is 1. The molecule has 0 aromatic heterocycles. The van der Waals surface area contributed by atoms with Gasteiger partial charge in [-0.15, -0.1) is 0 Å². The fourth-order valence-corrected chi connectivity index (χ4v) is 4.81. The van der Waals surface area contributed by atoms with Crippen LogP contribution in [0.15, 0.2) is 48.5 Å². The summed E-state index contributed by atoms with van der Waals surface area (Å²) in [5.74, 6) is -0.548. The number of carbonyl (C=O) groups is 3. The number of unbranched alkanes of at least 4 members (excludes halogenated alkanes) is 1. The molecule has 2 unspecified atom stereocenters. The molecule has 2 atom stereocenters. The van der Waals surface area contributed by atoms with Crippen molar-refractivity contribution in [1.29, 1.82) is 0 Å². The van der Waals surface area contributed by atoms with Crippen molar-refractivity contribution < 1.29 is 19.1 Å². The van der Waals surface area contributed by atoms with Crippen molar-refractivity contribution in [2.75, 3.05) is 13.2 Å². The quantitative estimate of drug-likeness (QED) is 0.606. The van der Waals surface area contributed by atoms with Gasteiger partial charge in [-0.05, 0) is 47.9 Å². The summed E-state index contributed by atoms with van der Waals surface area (Å²) in [6.45, 7) is 2.80. The van der Waals surface area contributed by atoms with Gasteiger partial charge in [0, 0.05) is 12.5 Å². The van der Waals surface area contributed by atoms with E-state index in [9.17, 15) is 14.4 Å².